The maximum Gasteiger partial charge on any atom is 0.0746 e. The van der Waals surface area contributed by atoms with E-state index >= 15 is 0 Å². The fraction of sp³-hybridized carbons (Fsp3) is 0.211. The second-order valence-electron chi connectivity index (χ2n) is 5.51. The topological polar surface area (TPSA) is 24.9 Å². The minimum absolute atomic E-state index is 0.324. The molecule has 1 atom stereocenters. The summed E-state index contributed by atoms with van der Waals surface area (Å²) in [6.07, 6.45) is 1.86. The number of nitrogens with one attached hydrogen (secondary N) is 1. The summed E-state index contributed by atoms with van der Waals surface area (Å²) in [4.78, 5) is 4.50. The van der Waals surface area contributed by atoms with Gasteiger partial charge >= 0.3 is 0 Å². The highest BCUT2D eigenvalue weighted by Gasteiger charge is 2.06. The molecule has 3 rings (SSSR count). The average Bonchev–Trinajstić information content (AvgIpc) is 2.53. The molecule has 0 saturated heterocycles. The molecule has 1 aromatic heterocycles. The van der Waals surface area contributed by atoms with E-state index in [1.54, 1.807) is 0 Å². The van der Waals surface area contributed by atoms with Gasteiger partial charge in [-0.25, -0.2) is 0 Å². The van der Waals surface area contributed by atoms with E-state index in [-0.39, 0.29) is 0 Å². The summed E-state index contributed by atoms with van der Waals surface area (Å²) in [5, 5.41) is 4.78. The van der Waals surface area contributed by atoms with Crippen LogP contribution < -0.4 is 5.32 Å². The lowest BCUT2D eigenvalue weighted by atomic mass is 10.1. The minimum Gasteiger partial charge on any atom is -0.306 e. The largest absolute Gasteiger partial charge is 0.306 e. The first-order valence-corrected chi connectivity index (χ1v) is 7.36. The number of rotatable bonds is 4. The SMILES string of the molecule is Cc1ccc(C(C)NCc2cccc3cccnc23)cc1. The van der Waals surface area contributed by atoms with Crippen LogP contribution in [0, 0.1) is 6.92 Å². The van der Waals surface area contributed by atoms with Crippen molar-refractivity contribution in [2.75, 3.05) is 0 Å². The van der Waals surface area contributed by atoms with E-state index in [1.165, 1.54) is 22.1 Å². The molecule has 106 valence electrons. The van der Waals surface area contributed by atoms with E-state index in [9.17, 15) is 0 Å². The van der Waals surface area contributed by atoms with Crippen molar-refractivity contribution < 1.29 is 0 Å². The van der Waals surface area contributed by atoms with E-state index in [0.717, 1.165) is 12.1 Å². The van der Waals surface area contributed by atoms with Crippen molar-refractivity contribution in [3.05, 3.63) is 77.5 Å². The molecule has 2 aromatic carbocycles. The molecule has 1 unspecified atom stereocenters. The molecule has 3 aromatic rings. The van der Waals surface area contributed by atoms with Crippen molar-refractivity contribution in [2.45, 2.75) is 26.4 Å². The van der Waals surface area contributed by atoms with Gasteiger partial charge < -0.3 is 5.32 Å². The smallest absolute Gasteiger partial charge is 0.0746 e. The van der Waals surface area contributed by atoms with E-state index in [1.807, 2.05) is 12.3 Å². The summed E-state index contributed by atoms with van der Waals surface area (Å²) in [7, 11) is 0. The van der Waals surface area contributed by atoms with Gasteiger partial charge in [-0.3, -0.25) is 4.98 Å². The van der Waals surface area contributed by atoms with Crippen LogP contribution in [-0.2, 0) is 6.54 Å². The second kappa shape index (κ2) is 6.06. The average molecular weight is 276 g/mol. The molecule has 1 N–H and O–H groups in total. The summed E-state index contributed by atoms with van der Waals surface area (Å²) < 4.78 is 0. The highest BCUT2D eigenvalue weighted by atomic mass is 14.9. The maximum absolute atomic E-state index is 4.50. The van der Waals surface area contributed by atoms with Gasteiger partial charge in [-0.15, -0.1) is 0 Å². The van der Waals surface area contributed by atoms with Crippen LogP contribution in [-0.4, -0.2) is 4.98 Å². The molecule has 1 heterocycles. The monoisotopic (exact) mass is 276 g/mol. The fourth-order valence-electron chi connectivity index (χ4n) is 2.55. The molecule has 0 bridgehead atoms. The van der Waals surface area contributed by atoms with Crippen LogP contribution in [0.3, 0.4) is 0 Å². The van der Waals surface area contributed by atoms with Crippen LogP contribution in [0.25, 0.3) is 10.9 Å². The molecule has 0 saturated carbocycles. The van der Waals surface area contributed by atoms with Crippen LogP contribution in [0.5, 0.6) is 0 Å². The predicted octanol–water partition coefficient (Wildman–Crippen LogP) is 4.39. The lowest BCUT2D eigenvalue weighted by Crippen LogP contribution is -2.18. The Hall–Kier alpha value is -2.19. The Morgan fingerprint density at radius 3 is 2.57 bits per heavy atom. The number of aryl methyl sites for hydroxylation is 1. The molecule has 2 nitrogen and oxygen atoms in total. The normalized spacial score (nSPS) is 12.5. The molecule has 21 heavy (non-hydrogen) atoms. The fourth-order valence-corrected chi connectivity index (χ4v) is 2.55. The minimum atomic E-state index is 0.324. The number of fused-ring (bicyclic) bond motifs is 1. The number of para-hydroxylation sites is 1. The summed E-state index contributed by atoms with van der Waals surface area (Å²) in [5.41, 5.74) is 4.94. The summed E-state index contributed by atoms with van der Waals surface area (Å²) in [5.74, 6) is 0. The van der Waals surface area contributed by atoms with E-state index < -0.39 is 0 Å². The number of hydrogen-bond acceptors (Lipinski definition) is 2. The summed E-state index contributed by atoms with van der Waals surface area (Å²) in [6.45, 7) is 5.14. The Morgan fingerprint density at radius 1 is 1.00 bits per heavy atom. The zero-order valence-corrected chi connectivity index (χ0v) is 12.5. The molecule has 0 spiro atoms. The van der Waals surface area contributed by atoms with Crippen molar-refractivity contribution in [3.63, 3.8) is 0 Å². The quantitative estimate of drug-likeness (QED) is 0.764. The zero-order chi connectivity index (χ0) is 14.7. The molecule has 0 aliphatic carbocycles. The maximum atomic E-state index is 4.50. The van der Waals surface area contributed by atoms with E-state index in [4.69, 9.17) is 0 Å². The molecule has 0 amide bonds. The van der Waals surface area contributed by atoms with Crippen LogP contribution in [0.2, 0.25) is 0 Å². The Kier molecular flexibility index (Phi) is 3.98. The highest BCUT2D eigenvalue weighted by Crippen LogP contribution is 2.18. The Labute approximate surface area is 125 Å². The Morgan fingerprint density at radius 2 is 1.76 bits per heavy atom. The van der Waals surface area contributed by atoms with Gasteiger partial charge in [0.2, 0.25) is 0 Å². The third kappa shape index (κ3) is 3.11. The van der Waals surface area contributed by atoms with Crippen molar-refractivity contribution in [1.29, 1.82) is 0 Å². The molecular formula is C19H20N2. The number of hydrogen-bond donors (Lipinski definition) is 1. The third-order valence-corrected chi connectivity index (χ3v) is 3.89. The van der Waals surface area contributed by atoms with E-state index in [0.29, 0.717) is 6.04 Å². The number of nitrogens with zero attached hydrogens (tertiary/aromatic N) is 1. The Balaban J connectivity index is 1.76. The number of pyridine rings is 1. The molecule has 0 aliphatic heterocycles. The standard InChI is InChI=1S/C19H20N2/c1-14-8-10-16(11-9-14)15(2)21-13-18-6-3-5-17-7-4-12-20-19(17)18/h3-12,15,21H,13H2,1-2H3. The van der Waals surface area contributed by atoms with Crippen LogP contribution in [0.15, 0.2) is 60.8 Å². The van der Waals surface area contributed by atoms with Gasteiger partial charge in [0.1, 0.15) is 0 Å². The van der Waals surface area contributed by atoms with Gasteiger partial charge in [0.15, 0.2) is 0 Å². The molecule has 0 radical (unpaired) electrons. The molecule has 2 heteroatoms. The summed E-state index contributed by atoms with van der Waals surface area (Å²) >= 11 is 0. The van der Waals surface area contributed by atoms with Crippen LogP contribution in [0.4, 0.5) is 0 Å². The predicted molar refractivity (Wildman–Crippen MR) is 88.2 cm³/mol. The van der Waals surface area contributed by atoms with Crippen molar-refractivity contribution in [3.8, 4) is 0 Å². The van der Waals surface area contributed by atoms with Gasteiger partial charge in [-0.1, -0.05) is 54.1 Å². The van der Waals surface area contributed by atoms with Crippen LogP contribution in [0.1, 0.15) is 29.7 Å². The lowest BCUT2D eigenvalue weighted by Gasteiger charge is -2.15. The van der Waals surface area contributed by atoms with Gasteiger partial charge in [-0.2, -0.15) is 0 Å². The zero-order valence-electron chi connectivity index (χ0n) is 12.5. The number of aromatic nitrogens is 1. The Bertz CT molecular complexity index is 727. The first-order valence-electron chi connectivity index (χ1n) is 7.36. The highest BCUT2D eigenvalue weighted by molar-refractivity contribution is 5.81. The second-order valence-corrected chi connectivity index (χ2v) is 5.51. The van der Waals surface area contributed by atoms with Crippen molar-refractivity contribution in [1.82, 2.24) is 10.3 Å². The van der Waals surface area contributed by atoms with Crippen molar-refractivity contribution in [2.24, 2.45) is 0 Å². The first-order chi connectivity index (χ1) is 10.2. The van der Waals surface area contributed by atoms with Crippen LogP contribution >= 0.6 is 0 Å². The van der Waals surface area contributed by atoms with E-state index in [2.05, 4.69) is 72.7 Å². The molecule has 0 aliphatic rings. The molecular weight excluding hydrogens is 256 g/mol. The van der Waals surface area contributed by atoms with Gasteiger partial charge in [0, 0.05) is 24.2 Å². The van der Waals surface area contributed by atoms with Gasteiger partial charge in [-0.05, 0) is 31.0 Å². The van der Waals surface area contributed by atoms with Gasteiger partial charge in [0.05, 0.1) is 5.52 Å². The van der Waals surface area contributed by atoms with Crippen molar-refractivity contribution >= 4 is 10.9 Å². The first kappa shape index (κ1) is 13.8. The van der Waals surface area contributed by atoms with Gasteiger partial charge in [0.25, 0.3) is 0 Å². The third-order valence-electron chi connectivity index (χ3n) is 3.89. The number of benzene rings is 2. The summed E-state index contributed by atoms with van der Waals surface area (Å²) in [6, 6.07) is 19.5. The lowest BCUT2D eigenvalue weighted by molar-refractivity contribution is 0.576. The molecule has 0 fully saturated rings.